The zero-order valence-corrected chi connectivity index (χ0v) is 16.9. The molecule has 1 saturated heterocycles. The van der Waals surface area contributed by atoms with Crippen LogP contribution in [-0.2, 0) is 9.59 Å². The molecule has 0 spiro atoms. The van der Waals surface area contributed by atoms with Crippen molar-refractivity contribution in [2.24, 2.45) is 0 Å². The van der Waals surface area contributed by atoms with Crippen LogP contribution in [0, 0.1) is 19.7 Å². The van der Waals surface area contributed by atoms with Gasteiger partial charge in [-0.15, -0.1) is 11.3 Å². The Kier molecular flexibility index (Phi) is 4.87. The van der Waals surface area contributed by atoms with Gasteiger partial charge in [-0.05, 0) is 55.8 Å². The lowest BCUT2D eigenvalue weighted by molar-refractivity contribution is -0.132. The van der Waals surface area contributed by atoms with Crippen LogP contribution >= 0.6 is 11.3 Å². The number of hydrogen-bond donors (Lipinski definition) is 2. The molecule has 1 unspecified atom stereocenters. The summed E-state index contributed by atoms with van der Waals surface area (Å²) in [6.45, 7) is 3.67. The second-order valence-electron chi connectivity index (χ2n) is 6.91. The summed E-state index contributed by atoms with van der Waals surface area (Å²) in [5.41, 5.74) is 1.34. The first-order valence-corrected chi connectivity index (χ1v) is 9.89. The summed E-state index contributed by atoms with van der Waals surface area (Å²) in [5, 5.41) is 20.9. The molecule has 1 aliphatic rings. The maximum atomic E-state index is 13.3. The molecule has 8 heteroatoms. The number of aliphatic hydroxyl groups excluding tert-OH is 1. The van der Waals surface area contributed by atoms with Gasteiger partial charge in [0.1, 0.15) is 17.3 Å². The number of phenolic OH excluding ortho intramolecular Hbond substituents is 1. The van der Waals surface area contributed by atoms with Crippen molar-refractivity contribution >= 4 is 33.9 Å². The van der Waals surface area contributed by atoms with E-state index in [1.807, 2.05) is 6.92 Å². The number of Topliss-reactive ketones (excluding diaryl/α,β-unsaturated/α-hetero) is 1. The van der Waals surface area contributed by atoms with Crippen LogP contribution in [0.5, 0.6) is 5.75 Å². The van der Waals surface area contributed by atoms with Crippen LogP contribution in [0.25, 0.3) is 5.76 Å². The SMILES string of the molecule is Cc1nc(N2C(=O)C(=O)/C(=C(\O)c3ccc(F)cc3)C2c2ccc(O)cc2)sc1C. The van der Waals surface area contributed by atoms with Gasteiger partial charge in [-0.1, -0.05) is 12.1 Å². The Morgan fingerprint density at radius 2 is 1.70 bits per heavy atom. The van der Waals surface area contributed by atoms with Gasteiger partial charge < -0.3 is 10.2 Å². The fourth-order valence-electron chi connectivity index (χ4n) is 3.32. The van der Waals surface area contributed by atoms with Crippen molar-refractivity contribution in [2.45, 2.75) is 19.9 Å². The highest BCUT2D eigenvalue weighted by Gasteiger charge is 2.48. The Bertz CT molecular complexity index is 1160. The van der Waals surface area contributed by atoms with Gasteiger partial charge in [0, 0.05) is 10.4 Å². The van der Waals surface area contributed by atoms with E-state index in [0.717, 1.165) is 22.7 Å². The summed E-state index contributed by atoms with van der Waals surface area (Å²) in [6.07, 6.45) is 0. The first kappa shape index (κ1) is 19.8. The molecule has 1 atom stereocenters. The number of carbonyl (C=O) groups excluding carboxylic acids is 2. The number of rotatable bonds is 3. The Morgan fingerprint density at radius 3 is 2.27 bits per heavy atom. The van der Waals surface area contributed by atoms with Crippen molar-refractivity contribution in [3.05, 3.63) is 81.6 Å². The van der Waals surface area contributed by atoms with Crippen molar-refractivity contribution < 1.29 is 24.2 Å². The highest BCUT2D eigenvalue weighted by Crippen LogP contribution is 2.43. The van der Waals surface area contributed by atoms with E-state index in [9.17, 15) is 24.2 Å². The minimum atomic E-state index is -0.944. The van der Waals surface area contributed by atoms with E-state index in [4.69, 9.17) is 0 Å². The summed E-state index contributed by atoms with van der Waals surface area (Å²) in [5.74, 6) is -2.55. The van der Waals surface area contributed by atoms with Crippen molar-refractivity contribution in [2.75, 3.05) is 4.90 Å². The quantitative estimate of drug-likeness (QED) is 0.373. The van der Waals surface area contributed by atoms with Gasteiger partial charge in [0.2, 0.25) is 0 Å². The largest absolute Gasteiger partial charge is 0.508 e. The number of ketones is 1. The van der Waals surface area contributed by atoms with E-state index in [-0.39, 0.29) is 16.9 Å². The third-order valence-corrected chi connectivity index (χ3v) is 6.07. The van der Waals surface area contributed by atoms with E-state index in [2.05, 4.69) is 4.98 Å². The Labute approximate surface area is 175 Å². The molecule has 1 fully saturated rings. The van der Waals surface area contributed by atoms with Gasteiger partial charge in [-0.3, -0.25) is 14.5 Å². The lowest BCUT2D eigenvalue weighted by Gasteiger charge is -2.23. The molecule has 1 aliphatic heterocycles. The molecule has 4 rings (SSSR count). The predicted octanol–water partition coefficient (Wildman–Crippen LogP) is 4.23. The number of aliphatic hydroxyl groups is 1. The number of hydrogen-bond acceptors (Lipinski definition) is 6. The molecular formula is C22H17FN2O4S. The Morgan fingerprint density at radius 1 is 1.07 bits per heavy atom. The van der Waals surface area contributed by atoms with Gasteiger partial charge >= 0.3 is 5.91 Å². The molecule has 2 N–H and O–H groups in total. The molecule has 0 saturated carbocycles. The molecule has 3 aromatic rings. The van der Waals surface area contributed by atoms with Gasteiger partial charge in [0.25, 0.3) is 5.78 Å². The maximum Gasteiger partial charge on any atom is 0.301 e. The van der Waals surface area contributed by atoms with Crippen molar-refractivity contribution in [3.8, 4) is 5.75 Å². The number of aromatic nitrogens is 1. The minimum absolute atomic E-state index is 0.0233. The summed E-state index contributed by atoms with van der Waals surface area (Å²) in [6, 6.07) is 10.1. The van der Waals surface area contributed by atoms with Crippen LogP contribution in [0.3, 0.4) is 0 Å². The standard InChI is InChI=1S/C22H17FN2O4S/c1-11-12(2)30-22(24-11)25-18(13-5-9-16(26)10-6-13)17(20(28)21(25)29)19(27)14-3-7-15(23)8-4-14/h3-10,18,26-27H,1-2H3/b19-17-. The lowest BCUT2D eigenvalue weighted by Crippen LogP contribution is -2.29. The molecule has 6 nitrogen and oxygen atoms in total. The highest BCUT2D eigenvalue weighted by atomic mass is 32.1. The van der Waals surface area contributed by atoms with Crippen LogP contribution in [0.15, 0.2) is 54.1 Å². The van der Waals surface area contributed by atoms with E-state index in [1.165, 1.54) is 40.5 Å². The highest BCUT2D eigenvalue weighted by molar-refractivity contribution is 7.16. The average molecular weight is 424 g/mol. The van der Waals surface area contributed by atoms with Gasteiger partial charge in [0.15, 0.2) is 5.13 Å². The van der Waals surface area contributed by atoms with Gasteiger partial charge in [-0.2, -0.15) is 0 Å². The number of anilines is 1. The number of phenols is 1. The first-order chi connectivity index (χ1) is 14.3. The number of aryl methyl sites for hydroxylation is 2. The summed E-state index contributed by atoms with van der Waals surface area (Å²) >= 11 is 1.27. The molecule has 0 aliphatic carbocycles. The van der Waals surface area contributed by atoms with Crippen LogP contribution in [0.2, 0.25) is 0 Å². The first-order valence-electron chi connectivity index (χ1n) is 9.08. The second kappa shape index (κ2) is 7.38. The fourth-order valence-corrected chi connectivity index (χ4v) is 4.26. The van der Waals surface area contributed by atoms with E-state index in [0.29, 0.717) is 10.7 Å². The van der Waals surface area contributed by atoms with Crippen LogP contribution < -0.4 is 4.90 Å². The number of amides is 1. The molecule has 2 heterocycles. The number of nitrogens with zero attached hydrogens (tertiary/aromatic N) is 2. The number of aromatic hydroxyl groups is 1. The zero-order chi connectivity index (χ0) is 21.6. The molecule has 2 aromatic carbocycles. The molecule has 0 radical (unpaired) electrons. The Balaban J connectivity index is 1.94. The van der Waals surface area contributed by atoms with Gasteiger partial charge in [0.05, 0.1) is 17.3 Å². The summed E-state index contributed by atoms with van der Waals surface area (Å²) in [7, 11) is 0. The fraction of sp³-hybridized carbons (Fsp3) is 0.136. The normalized spacial score (nSPS) is 18.2. The zero-order valence-electron chi connectivity index (χ0n) is 16.1. The summed E-state index contributed by atoms with van der Waals surface area (Å²) in [4.78, 5) is 32.5. The molecule has 152 valence electrons. The molecule has 30 heavy (non-hydrogen) atoms. The van der Waals surface area contributed by atoms with E-state index < -0.39 is 29.3 Å². The maximum absolute atomic E-state index is 13.3. The van der Waals surface area contributed by atoms with Crippen LogP contribution in [0.4, 0.5) is 9.52 Å². The third-order valence-electron chi connectivity index (χ3n) is 4.99. The monoisotopic (exact) mass is 424 g/mol. The smallest absolute Gasteiger partial charge is 0.301 e. The van der Waals surface area contributed by atoms with Gasteiger partial charge in [-0.25, -0.2) is 9.37 Å². The van der Waals surface area contributed by atoms with Crippen LogP contribution in [0.1, 0.15) is 27.7 Å². The number of benzene rings is 2. The van der Waals surface area contributed by atoms with Crippen molar-refractivity contribution in [3.63, 3.8) is 0 Å². The average Bonchev–Trinajstić information content (AvgIpc) is 3.18. The number of carbonyl (C=O) groups is 2. The minimum Gasteiger partial charge on any atom is -0.508 e. The summed E-state index contributed by atoms with van der Waals surface area (Å²) < 4.78 is 13.3. The Hall–Kier alpha value is -3.52. The lowest BCUT2D eigenvalue weighted by atomic mass is 9.95. The molecule has 0 bridgehead atoms. The molecular weight excluding hydrogens is 407 g/mol. The van der Waals surface area contributed by atoms with Crippen molar-refractivity contribution in [1.29, 1.82) is 0 Å². The molecule has 1 aromatic heterocycles. The topological polar surface area (TPSA) is 90.7 Å². The third kappa shape index (κ3) is 3.25. The molecule has 1 amide bonds. The van der Waals surface area contributed by atoms with E-state index >= 15 is 0 Å². The second-order valence-corrected chi connectivity index (χ2v) is 8.09. The van der Waals surface area contributed by atoms with E-state index in [1.54, 1.807) is 19.1 Å². The van der Waals surface area contributed by atoms with Crippen LogP contribution in [-0.4, -0.2) is 26.9 Å². The predicted molar refractivity (Wildman–Crippen MR) is 111 cm³/mol. The van der Waals surface area contributed by atoms with Crippen molar-refractivity contribution in [1.82, 2.24) is 4.98 Å². The number of halogens is 1. The number of thiazole rings is 1.